The number of anilines is 1. The number of esters is 1. The second kappa shape index (κ2) is 9.13. The molecule has 1 aromatic carbocycles. The number of benzene rings is 1. The van der Waals surface area contributed by atoms with E-state index in [1.54, 1.807) is 16.2 Å². The molecule has 0 N–H and O–H groups in total. The molecule has 2 aliphatic heterocycles. The molecule has 0 unspecified atom stereocenters. The van der Waals surface area contributed by atoms with E-state index in [9.17, 15) is 9.59 Å². The van der Waals surface area contributed by atoms with Crippen LogP contribution in [-0.2, 0) is 14.3 Å². The van der Waals surface area contributed by atoms with Gasteiger partial charge in [-0.15, -0.1) is 11.3 Å². The molecule has 1 aromatic heterocycles. The van der Waals surface area contributed by atoms with Crippen LogP contribution in [0.4, 0.5) is 5.69 Å². The van der Waals surface area contributed by atoms with E-state index in [-0.39, 0.29) is 17.9 Å². The molecule has 29 heavy (non-hydrogen) atoms. The third kappa shape index (κ3) is 4.41. The van der Waals surface area contributed by atoms with Crippen LogP contribution in [-0.4, -0.2) is 74.1 Å². The van der Waals surface area contributed by atoms with Crippen molar-refractivity contribution in [1.29, 1.82) is 0 Å². The third-order valence-electron chi connectivity index (χ3n) is 6.11. The monoisotopic (exact) mass is 415 g/mol. The summed E-state index contributed by atoms with van der Waals surface area (Å²) in [5.41, 5.74) is 1.35. The van der Waals surface area contributed by atoms with Gasteiger partial charge in [-0.1, -0.05) is 6.07 Å². The van der Waals surface area contributed by atoms with E-state index in [2.05, 4.69) is 39.4 Å². The predicted molar refractivity (Wildman–Crippen MR) is 116 cm³/mol. The van der Waals surface area contributed by atoms with Crippen molar-refractivity contribution >= 4 is 39.0 Å². The molecule has 156 valence electrons. The standard InChI is InChI=1S/C22H29N3O3S/c1-28-22(27)19-7-8-21(26)25(19)11-3-2-10-23-12-14-24(15-13-23)18-5-4-6-20-17(18)9-16-29-20/h4-6,9,16,19H,2-3,7-8,10-15H2,1H3/t19-/m0/s1. The average Bonchev–Trinajstić information content (AvgIpc) is 3.37. The van der Waals surface area contributed by atoms with Gasteiger partial charge >= 0.3 is 5.97 Å². The lowest BCUT2D eigenvalue weighted by Gasteiger charge is -2.36. The Morgan fingerprint density at radius 2 is 1.93 bits per heavy atom. The molecule has 6 nitrogen and oxygen atoms in total. The van der Waals surface area contributed by atoms with Gasteiger partial charge in [0.05, 0.1) is 7.11 Å². The lowest BCUT2D eigenvalue weighted by Crippen LogP contribution is -2.46. The van der Waals surface area contributed by atoms with Gasteiger partial charge < -0.3 is 14.5 Å². The molecule has 4 rings (SSSR count). The van der Waals surface area contributed by atoms with Gasteiger partial charge in [-0.3, -0.25) is 9.69 Å². The number of carbonyl (C=O) groups is 2. The summed E-state index contributed by atoms with van der Waals surface area (Å²) >= 11 is 1.80. The van der Waals surface area contributed by atoms with Gasteiger partial charge in [-0.2, -0.15) is 0 Å². The summed E-state index contributed by atoms with van der Waals surface area (Å²) in [7, 11) is 1.39. The van der Waals surface area contributed by atoms with Crippen LogP contribution in [0.15, 0.2) is 29.6 Å². The Morgan fingerprint density at radius 3 is 2.72 bits per heavy atom. The number of unbranched alkanes of at least 4 members (excludes halogenated alkanes) is 1. The number of methoxy groups -OCH3 is 1. The molecule has 2 aromatic rings. The zero-order valence-corrected chi connectivity index (χ0v) is 17.8. The lowest BCUT2D eigenvalue weighted by molar-refractivity contribution is -0.149. The first-order valence-corrected chi connectivity index (χ1v) is 11.4. The number of amides is 1. The minimum absolute atomic E-state index is 0.0802. The number of ether oxygens (including phenoxy) is 1. The van der Waals surface area contributed by atoms with E-state index in [1.807, 2.05) is 0 Å². The van der Waals surface area contributed by atoms with Crippen molar-refractivity contribution in [3.05, 3.63) is 29.6 Å². The molecule has 0 aliphatic carbocycles. The van der Waals surface area contributed by atoms with Crippen LogP contribution in [0, 0.1) is 0 Å². The number of carbonyl (C=O) groups excluding carboxylic acids is 2. The van der Waals surface area contributed by atoms with Gasteiger partial charge in [0.15, 0.2) is 0 Å². The number of hydrogen-bond donors (Lipinski definition) is 0. The van der Waals surface area contributed by atoms with Crippen molar-refractivity contribution in [1.82, 2.24) is 9.80 Å². The Kier molecular flexibility index (Phi) is 6.35. The summed E-state index contributed by atoms with van der Waals surface area (Å²) in [6.07, 6.45) is 3.01. The van der Waals surface area contributed by atoms with Gasteiger partial charge in [-0.05, 0) is 49.4 Å². The zero-order chi connectivity index (χ0) is 20.2. The van der Waals surface area contributed by atoms with Crippen LogP contribution in [0.2, 0.25) is 0 Å². The Morgan fingerprint density at radius 1 is 1.14 bits per heavy atom. The Hall–Kier alpha value is -2.12. The topological polar surface area (TPSA) is 53.1 Å². The smallest absolute Gasteiger partial charge is 0.328 e. The van der Waals surface area contributed by atoms with E-state index in [0.717, 1.165) is 45.6 Å². The van der Waals surface area contributed by atoms with Crippen LogP contribution in [0.5, 0.6) is 0 Å². The van der Waals surface area contributed by atoms with Crippen LogP contribution in [0.25, 0.3) is 10.1 Å². The van der Waals surface area contributed by atoms with E-state index in [4.69, 9.17) is 4.74 Å². The van der Waals surface area contributed by atoms with Crippen LogP contribution in [0.3, 0.4) is 0 Å². The van der Waals surface area contributed by atoms with E-state index < -0.39 is 0 Å². The van der Waals surface area contributed by atoms with Crippen molar-refractivity contribution in [2.24, 2.45) is 0 Å². The summed E-state index contributed by atoms with van der Waals surface area (Å²) in [4.78, 5) is 30.6. The fourth-order valence-electron chi connectivity index (χ4n) is 4.48. The molecule has 0 saturated carbocycles. The maximum atomic E-state index is 12.0. The maximum absolute atomic E-state index is 12.0. The fourth-order valence-corrected chi connectivity index (χ4v) is 5.29. The molecule has 0 bridgehead atoms. The Labute approximate surface area is 176 Å². The van der Waals surface area contributed by atoms with Gasteiger partial charge in [0.25, 0.3) is 0 Å². The Balaban J connectivity index is 1.21. The second-order valence-electron chi connectivity index (χ2n) is 7.81. The quantitative estimate of drug-likeness (QED) is 0.514. The van der Waals surface area contributed by atoms with Gasteiger partial charge in [0.2, 0.25) is 5.91 Å². The first-order chi connectivity index (χ1) is 14.2. The highest BCUT2D eigenvalue weighted by Crippen LogP contribution is 2.31. The van der Waals surface area contributed by atoms with Crippen molar-refractivity contribution in [2.75, 3.05) is 51.3 Å². The molecule has 1 atom stereocenters. The molecule has 2 aliphatic rings. The minimum Gasteiger partial charge on any atom is -0.467 e. The summed E-state index contributed by atoms with van der Waals surface area (Å²) in [6, 6.07) is 8.42. The van der Waals surface area contributed by atoms with E-state index >= 15 is 0 Å². The number of rotatable bonds is 7. The van der Waals surface area contributed by atoms with Crippen molar-refractivity contribution in [2.45, 2.75) is 31.7 Å². The molecule has 2 fully saturated rings. The highest BCUT2D eigenvalue weighted by Gasteiger charge is 2.36. The average molecular weight is 416 g/mol. The first kappa shape index (κ1) is 20.2. The maximum Gasteiger partial charge on any atom is 0.328 e. The lowest BCUT2D eigenvalue weighted by atomic mass is 10.1. The summed E-state index contributed by atoms with van der Waals surface area (Å²) in [5, 5.41) is 3.53. The molecule has 3 heterocycles. The summed E-state index contributed by atoms with van der Waals surface area (Å²) in [5.74, 6) is -0.204. The highest BCUT2D eigenvalue weighted by atomic mass is 32.1. The number of hydrogen-bond acceptors (Lipinski definition) is 6. The fraction of sp³-hybridized carbons (Fsp3) is 0.545. The number of likely N-dealkylation sites (tertiary alicyclic amines) is 1. The molecule has 1 amide bonds. The molecule has 0 spiro atoms. The zero-order valence-electron chi connectivity index (χ0n) is 17.0. The van der Waals surface area contributed by atoms with Crippen LogP contribution >= 0.6 is 11.3 Å². The van der Waals surface area contributed by atoms with E-state index in [0.29, 0.717) is 19.4 Å². The highest BCUT2D eigenvalue weighted by molar-refractivity contribution is 7.17. The molecular formula is C22H29N3O3S. The number of fused-ring (bicyclic) bond motifs is 1. The number of thiophene rings is 1. The van der Waals surface area contributed by atoms with Gasteiger partial charge in [0, 0.05) is 54.9 Å². The Bertz CT molecular complexity index is 860. The van der Waals surface area contributed by atoms with Crippen molar-refractivity contribution in [3.63, 3.8) is 0 Å². The van der Waals surface area contributed by atoms with Crippen molar-refractivity contribution < 1.29 is 14.3 Å². The molecule has 0 radical (unpaired) electrons. The largest absolute Gasteiger partial charge is 0.467 e. The number of piperazine rings is 1. The van der Waals surface area contributed by atoms with Crippen LogP contribution < -0.4 is 4.90 Å². The predicted octanol–water partition coefficient (Wildman–Crippen LogP) is 2.97. The molecule has 2 saturated heterocycles. The van der Waals surface area contributed by atoms with Gasteiger partial charge in [0.1, 0.15) is 6.04 Å². The van der Waals surface area contributed by atoms with Gasteiger partial charge in [-0.25, -0.2) is 4.79 Å². The normalized spacial score (nSPS) is 20.6. The molecular weight excluding hydrogens is 386 g/mol. The SMILES string of the molecule is COC(=O)[C@@H]1CCC(=O)N1CCCCN1CCN(c2cccc3sccc23)CC1. The minimum atomic E-state index is -0.379. The first-order valence-electron chi connectivity index (χ1n) is 10.5. The van der Waals surface area contributed by atoms with Crippen molar-refractivity contribution in [3.8, 4) is 0 Å². The second-order valence-corrected chi connectivity index (χ2v) is 8.76. The third-order valence-corrected chi connectivity index (χ3v) is 6.99. The summed E-state index contributed by atoms with van der Waals surface area (Å²) < 4.78 is 6.19. The van der Waals surface area contributed by atoms with E-state index in [1.165, 1.54) is 22.9 Å². The molecule has 7 heteroatoms. The summed E-state index contributed by atoms with van der Waals surface area (Å²) in [6.45, 7) is 5.91. The number of nitrogens with zero attached hydrogens (tertiary/aromatic N) is 3. The van der Waals surface area contributed by atoms with Crippen LogP contribution in [0.1, 0.15) is 25.7 Å².